The van der Waals surface area contributed by atoms with Gasteiger partial charge in [-0.25, -0.2) is 4.39 Å². The monoisotopic (exact) mass is 488 g/mol. The van der Waals surface area contributed by atoms with Gasteiger partial charge in [0.25, 0.3) is 0 Å². The lowest BCUT2D eigenvalue weighted by molar-refractivity contribution is 0.621. The molecule has 0 spiro atoms. The summed E-state index contributed by atoms with van der Waals surface area (Å²) in [7, 11) is 0. The van der Waals surface area contributed by atoms with Gasteiger partial charge in [0, 0.05) is 16.5 Å². The number of fused-ring (bicyclic) bond motifs is 1. The summed E-state index contributed by atoms with van der Waals surface area (Å²) in [5, 5.41) is 1.53. The molecule has 1 heteroatoms. The third-order valence-corrected chi connectivity index (χ3v) is 7.00. The fraction of sp³-hybridized carbons (Fsp3) is 0.278. The van der Waals surface area contributed by atoms with Crippen molar-refractivity contribution in [3.8, 4) is 11.8 Å². The number of allylic oxidation sites excluding steroid dienone is 1. The van der Waals surface area contributed by atoms with E-state index in [-0.39, 0.29) is 5.82 Å². The molecule has 4 aromatic carbocycles. The molecule has 0 unspecified atom stereocenters. The first-order valence-electron chi connectivity index (χ1n) is 13.7. The largest absolute Gasteiger partial charge is 0.206 e. The van der Waals surface area contributed by atoms with Gasteiger partial charge in [-0.1, -0.05) is 98.7 Å². The van der Waals surface area contributed by atoms with Crippen LogP contribution < -0.4 is 0 Å². The summed E-state index contributed by atoms with van der Waals surface area (Å²) in [6, 6.07) is 27.3. The molecule has 0 nitrogen and oxygen atoms in total. The van der Waals surface area contributed by atoms with Crippen molar-refractivity contribution in [1.82, 2.24) is 0 Å². The van der Waals surface area contributed by atoms with E-state index in [0.29, 0.717) is 11.8 Å². The van der Waals surface area contributed by atoms with E-state index in [4.69, 9.17) is 0 Å². The Labute approximate surface area is 222 Å². The smallest absolute Gasteiger partial charge is 0.134 e. The van der Waals surface area contributed by atoms with E-state index in [0.717, 1.165) is 41.3 Å². The van der Waals surface area contributed by atoms with Gasteiger partial charge in [0.2, 0.25) is 0 Å². The third-order valence-electron chi connectivity index (χ3n) is 7.00. The topological polar surface area (TPSA) is 0 Å². The minimum atomic E-state index is -0.132. The molecule has 0 saturated carbocycles. The van der Waals surface area contributed by atoms with E-state index in [1.807, 2.05) is 36.4 Å². The molecular formula is C36H37F. The zero-order valence-electron chi connectivity index (χ0n) is 22.0. The normalized spacial score (nSPS) is 10.8. The quantitative estimate of drug-likeness (QED) is 0.112. The molecule has 0 aliphatic heterocycles. The lowest BCUT2D eigenvalue weighted by Gasteiger charge is -2.06. The van der Waals surface area contributed by atoms with Crippen LogP contribution in [0, 0.1) is 17.7 Å². The molecule has 0 bridgehead atoms. The molecule has 0 aliphatic carbocycles. The summed E-state index contributed by atoms with van der Waals surface area (Å²) in [6.07, 6.45) is 11.8. The fourth-order valence-corrected chi connectivity index (χ4v) is 4.68. The van der Waals surface area contributed by atoms with Crippen LogP contribution in [0.15, 0.2) is 91.5 Å². The van der Waals surface area contributed by atoms with E-state index < -0.39 is 0 Å². The van der Waals surface area contributed by atoms with E-state index in [1.54, 1.807) is 0 Å². The second-order valence-corrected chi connectivity index (χ2v) is 9.88. The minimum Gasteiger partial charge on any atom is -0.206 e. The highest BCUT2D eigenvalue weighted by molar-refractivity contribution is 5.85. The van der Waals surface area contributed by atoms with Gasteiger partial charge >= 0.3 is 0 Å². The van der Waals surface area contributed by atoms with Gasteiger partial charge in [0.05, 0.1) is 0 Å². The van der Waals surface area contributed by atoms with E-state index in [1.165, 1.54) is 48.8 Å². The Morgan fingerprint density at radius 3 is 1.97 bits per heavy atom. The Balaban J connectivity index is 1.33. The Morgan fingerprint density at radius 2 is 1.30 bits per heavy atom. The van der Waals surface area contributed by atoms with Gasteiger partial charge in [0.1, 0.15) is 5.82 Å². The second-order valence-electron chi connectivity index (χ2n) is 9.88. The molecule has 0 aromatic heterocycles. The average Bonchev–Trinajstić information content (AvgIpc) is 2.94. The van der Waals surface area contributed by atoms with Crippen molar-refractivity contribution in [1.29, 1.82) is 0 Å². The number of hydrogen-bond donors (Lipinski definition) is 0. The summed E-state index contributed by atoms with van der Waals surface area (Å²) in [4.78, 5) is 0. The highest BCUT2D eigenvalue weighted by Gasteiger charge is 2.07. The molecule has 0 fully saturated rings. The highest BCUT2D eigenvalue weighted by atomic mass is 19.1. The van der Waals surface area contributed by atoms with Crippen LogP contribution in [0.2, 0.25) is 0 Å². The Morgan fingerprint density at radius 1 is 0.676 bits per heavy atom. The van der Waals surface area contributed by atoms with Crippen molar-refractivity contribution in [3.63, 3.8) is 0 Å². The Hall–Kier alpha value is -3.63. The SMILES string of the molecule is C=CCCc1ccc2cc(C#Cc3ccc(CCc4ccc(CCCCCC)cc4)cc3)ccc2c1F. The van der Waals surface area contributed by atoms with Crippen LogP contribution in [0.1, 0.15) is 72.4 Å². The minimum absolute atomic E-state index is 0.132. The maximum atomic E-state index is 14.8. The maximum Gasteiger partial charge on any atom is 0.134 e. The zero-order valence-corrected chi connectivity index (χ0v) is 22.0. The first-order valence-corrected chi connectivity index (χ1v) is 13.7. The summed E-state index contributed by atoms with van der Waals surface area (Å²) in [5.74, 6) is 6.36. The van der Waals surface area contributed by atoms with Gasteiger partial charge in [0.15, 0.2) is 0 Å². The van der Waals surface area contributed by atoms with Crippen LogP contribution in [0.3, 0.4) is 0 Å². The molecule has 0 atom stereocenters. The maximum absolute atomic E-state index is 14.8. The molecular weight excluding hydrogens is 451 g/mol. The van der Waals surface area contributed by atoms with Crippen molar-refractivity contribution in [3.05, 3.63) is 131 Å². The summed E-state index contributed by atoms with van der Waals surface area (Å²) in [5.41, 5.74) is 6.78. The summed E-state index contributed by atoms with van der Waals surface area (Å²) < 4.78 is 14.8. The number of rotatable bonds is 11. The fourth-order valence-electron chi connectivity index (χ4n) is 4.68. The van der Waals surface area contributed by atoms with Crippen LogP contribution in [0.5, 0.6) is 0 Å². The van der Waals surface area contributed by atoms with E-state index in [2.05, 4.69) is 73.9 Å². The first-order chi connectivity index (χ1) is 18.2. The first kappa shape index (κ1) is 26.4. The predicted octanol–water partition coefficient (Wildman–Crippen LogP) is 9.41. The van der Waals surface area contributed by atoms with Crippen molar-refractivity contribution in [2.24, 2.45) is 0 Å². The predicted molar refractivity (Wildman–Crippen MR) is 157 cm³/mol. The molecule has 0 heterocycles. The van der Waals surface area contributed by atoms with Crippen molar-refractivity contribution in [2.75, 3.05) is 0 Å². The number of hydrogen-bond acceptors (Lipinski definition) is 0. The van der Waals surface area contributed by atoms with Crippen molar-refractivity contribution < 1.29 is 4.39 Å². The van der Waals surface area contributed by atoms with Crippen molar-refractivity contribution in [2.45, 2.75) is 64.7 Å². The lowest BCUT2D eigenvalue weighted by atomic mass is 10.00. The molecule has 0 amide bonds. The lowest BCUT2D eigenvalue weighted by Crippen LogP contribution is -1.93. The van der Waals surface area contributed by atoms with Crippen LogP contribution in [0.4, 0.5) is 4.39 Å². The van der Waals surface area contributed by atoms with E-state index >= 15 is 0 Å². The average molecular weight is 489 g/mol. The molecule has 4 rings (SSSR count). The van der Waals surface area contributed by atoms with Gasteiger partial charge in [-0.15, -0.1) is 6.58 Å². The van der Waals surface area contributed by atoms with Crippen LogP contribution >= 0.6 is 0 Å². The second kappa shape index (κ2) is 13.6. The molecule has 0 radical (unpaired) electrons. The standard InChI is InChI=1S/C36H37F/c1-3-5-7-8-9-28-11-13-29(14-12-28)15-16-30-17-19-31(20-18-30)21-22-32-23-26-35-34(27-32)25-24-33(36(35)37)10-6-4-2/h4,11-14,17-20,23-27H,2-3,5-10,15-16H2,1H3. The molecule has 0 N–H and O–H groups in total. The number of halogens is 1. The van der Waals surface area contributed by atoms with Gasteiger partial charge in [-0.05, 0) is 90.4 Å². The number of benzene rings is 4. The Bertz CT molecular complexity index is 1360. The van der Waals surface area contributed by atoms with Crippen molar-refractivity contribution >= 4 is 10.8 Å². The highest BCUT2D eigenvalue weighted by Crippen LogP contribution is 2.23. The van der Waals surface area contributed by atoms with Crippen LogP contribution in [0.25, 0.3) is 10.8 Å². The van der Waals surface area contributed by atoms with Gasteiger partial charge in [-0.3, -0.25) is 0 Å². The summed E-state index contributed by atoms with van der Waals surface area (Å²) >= 11 is 0. The third kappa shape index (κ3) is 7.68. The van der Waals surface area contributed by atoms with Crippen LogP contribution in [-0.4, -0.2) is 0 Å². The Kier molecular flexibility index (Phi) is 9.73. The zero-order chi connectivity index (χ0) is 25.9. The molecule has 4 aromatic rings. The molecule has 0 saturated heterocycles. The van der Waals surface area contributed by atoms with Gasteiger partial charge < -0.3 is 0 Å². The molecule has 0 aliphatic rings. The number of aryl methyl sites for hydroxylation is 4. The molecule has 188 valence electrons. The van der Waals surface area contributed by atoms with Gasteiger partial charge in [-0.2, -0.15) is 0 Å². The van der Waals surface area contributed by atoms with Crippen LogP contribution in [-0.2, 0) is 25.7 Å². The number of unbranched alkanes of at least 4 members (excludes halogenated alkanes) is 3. The van der Waals surface area contributed by atoms with E-state index in [9.17, 15) is 4.39 Å². The molecule has 37 heavy (non-hydrogen) atoms. The summed E-state index contributed by atoms with van der Waals surface area (Å²) in [6.45, 7) is 5.98.